The second-order valence-electron chi connectivity index (χ2n) is 2.78. The van der Waals surface area contributed by atoms with Crippen molar-refractivity contribution in [2.75, 3.05) is 0 Å². The summed E-state index contributed by atoms with van der Waals surface area (Å²) in [6.07, 6.45) is 5.44. The molecule has 1 aliphatic carbocycles. The van der Waals surface area contributed by atoms with Crippen LogP contribution in [0.3, 0.4) is 0 Å². The first-order valence-electron chi connectivity index (χ1n) is 3.86. The molecule has 0 aromatic carbocycles. The van der Waals surface area contributed by atoms with E-state index in [4.69, 9.17) is 11.6 Å². The van der Waals surface area contributed by atoms with E-state index in [1.807, 2.05) is 12.1 Å². The number of carbonyl (C=O) groups is 1. The summed E-state index contributed by atoms with van der Waals surface area (Å²) in [6, 6.07) is 1.83. The molecular formula is C9H7ClN2O. The number of ketones is 1. The Balaban J connectivity index is 2.33. The molecule has 0 unspecified atom stereocenters. The summed E-state index contributed by atoms with van der Waals surface area (Å²) >= 11 is 5.63. The van der Waals surface area contributed by atoms with Crippen LogP contribution in [0.15, 0.2) is 29.4 Å². The van der Waals surface area contributed by atoms with Gasteiger partial charge in [-0.05, 0) is 17.7 Å². The van der Waals surface area contributed by atoms with Crippen molar-refractivity contribution >= 4 is 23.0 Å². The van der Waals surface area contributed by atoms with Crippen LogP contribution in [0.2, 0.25) is 0 Å². The van der Waals surface area contributed by atoms with E-state index in [1.165, 1.54) is 0 Å². The molecule has 0 saturated carbocycles. The van der Waals surface area contributed by atoms with Crippen LogP contribution in [0.1, 0.15) is 12.1 Å². The molecule has 1 heterocycles. The summed E-state index contributed by atoms with van der Waals surface area (Å²) < 4.78 is 0. The lowest BCUT2D eigenvalue weighted by molar-refractivity contribution is -0.114. The van der Waals surface area contributed by atoms with Crippen molar-refractivity contribution in [3.63, 3.8) is 0 Å². The van der Waals surface area contributed by atoms with Crippen molar-refractivity contribution < 1.29 is 4.79 Å². The predicted octanol–water partition coefficient (Wildman–Crippen LogP) is 1.89. The minimum atomic E-state index is -0.0474. The largest absolute Gasteiger partial charge is 0.293 e. The van der Waals surface area contributed by atoms with Crippen molar-refractivity contribution in [2.45, 2.75) is 6.42 Å². The first-order chi connectivity index (χ1) is 6.27. The van der Waals surface area contributed by atoms with Gasteiger partial charge in [0.2, 0.25) is 0 Å². The Hall–Kier alpha value is -1.35. The van der Waals surface area contributed by atoms with E-state index in [0.717, 1.165) is 11.3 Å². The van der Waals surface area contributed by atoms with E-state index >= 15 is 0 Å². The van der Waals surface area contributed by atoms with E-state index in [2.05, 4.69) is 10.2 Å². The molecule has 0 aliphatic heterocycles. The molecule has 0 spiro atoms. The SMILES string of the molecule is O=C1CC(c2ccn[nH]2)=CC=C1Cl. The van der Waals surface area contributed by atoms with Gasteiger partial charge in [-0.25, -0.2) is 0 Å². The standard InChI is InChI=1S/C9H7ClN2O/c10-7-2-1-6(5-9(7)13)8-3-4-11-12-8/h1-4H,5H2,(H,11,12). The number of halogens is 1. The van der Waals surface area contributed by atoms with Gasteiger partial charge >= 0.3 is 0 Å². The third-order valence-electron chi connectivity index (χ3n) is 1.89. The molecule has 1 aromatic heterocycles. The highest BCUT2D eigenvalue weighted by molar-refractivity contribution is 6.43. The lowest BCUT2D eigenvalue weighted by atomic mass is 10.0. The maximum Gasteiger partial charge on any atom is 0.178 e. The first-order valence-corrected chi connectivity index (χ1v) is 4.24. The molecule has 4 heteroatoms. The van der Waals surface area contributed by atoms with Gasteiger partial charge in [0.15, 0.2) is 5.78 Å². The Bertz CT molecular complexity index is 390. The molecule has 66 valence electrons. The molecule has 0 radical (unpaired) electrons. The number of aromatic amines is 1. The molecule has 3 nitrogen and oxygen atoms in total. The maximum absolute atomic E-state index is 11.2. The fraction of sp³-hybridized carbons (Fsp3) is 0.111. The number of hydrogen-bond donors (Lipinski definition) is 1. The molecule has 1 aliphatic rings. The molecule has 1 N–H and O–H groups in total. The summed E-state index contributed by atoms with van der Waals surface area (Å²) in [7, 11) is 0. The van der Waals surface area contributed by atoms with E-state index in [9.17, 15) is 4.79 Å². The Labute approximate surface area is 80.1 Å². The highest BCUT2D eigenvalue weighted by atomic mass is 35.5. The minimum Gasteiger partial charge on any atom is -0.293 e. The molecule has 1 aromatic rings. The van der Waals surface area contributed by atoms with Crippen LogP contribution in [0.25, 0.3) is 5.57 Å². The van der Waals surface area contributed by atoms with Gasteiger partial charge in [0.25, 0.3) is 0 Å². The zero-order chi connectivity index (χ0) is 9.26. The van der Waals surface area contributed by atoms with Gasteiger partial charge in [0.05, 0.1) is 10.7 Å². The van der Waals surface area contributed by atoms with E-state index < -0.39 is 0 Å². The Morgan fingerprint density at radius 1 is 1.46 bits per heavy atom. The molecule has 0 saturated heterocycles. The number of aromatic nitrogens is 2. The summed E-state index contributed by atoms with van der Waals surface area (Å²) in [5.41, 5.74) is 1.79. The van der Waals surface area contributed by atoms with Crippen LogP contribution in [0.5, 0.6) is 0 Å². The number of nitrogens with zero attached hydrogens (tertiary/aromatic N) is 1. The zero-order valence-electron chi connectivity index (χ0n) is 6.75. The van der Waals surface area contributed by atoms with Gasteiger partial charge in [-0.2, -0.15) is 5.10 Å². The van der Waals surface area contributed by atoms with Crippen molar-refractivity contribution in [1.29, 1.82) is 0 Å². The van der Waals surface area contributed by atoms with Crippen molar-refractivity contribution in [3.8, 4) is 0 Å². The number of Topliss-reactive ketones (excluding diaryl/α,β-unsaturated/α-hetero) is 1. The molecule has 0 bridgehead atoms. The molecule has 0 atom stereocenters. The molecule has 13 heavy (non-hydrogen) atoms. The predicted molar refractivity (Wildman–Crippen MR) is 50.1 cm³/mol. The monoisotopic (exact) mass is 194 g/mol. The third-order valence-corrected chi connectivity index (χ3v) is 2.23. The quantitative estimate of drug-likeness (QED) is 0.742. The fourth-order valence-corrected chi connectivity index (χ4v) is 1.33. The second kappa shape index (κ2) is 3.18. The van der Waals surface area contributed by atoms with Crippen LogP contribution in [-0.4, -0.2) is 16.0 Å². The summed E-state index contributed by atoms with van der Waals surface area (Å²) in [4.78, 5) is 11.2. The van der Waals surface area contributed by atoms with Crippen LogP contribution in [0, 0.1) is 0 Å². The average molecular weight is 195 g/mol. The van der Waals surface area contributed by atoms with Gasteiger partial charge in [-0.15, -0.1) is 0 Å². The fourth-order valence-electron chi connectivity index (χ4n) is 1.20. The van der Waals surface area contributed by atoms with Gasteiger partial charge in [0, 0.05) is 12.6 Å². The smallest absolute Gasteiger partial charge is 0.178 e. The highest BCUT2D eigenvalue weighted by Crippen LogP contribution is 2.24. The van der Waals surface area contributed by atoms with Gasteiger partial charge in [-0.1, -0.05) is 17.7 Å². The third kappa shape index (κ3) is 1.55. The van der Waals surface area contributed by atoms with Crippen molar-refractivity contribution in [2.24, 2.45) is 0 Å². The highest BCUT2D eigenvalue weighted by Gasteiger charge is 2.15. The Morgan fingerprint density at radius 2 is 2.31 bits per heavy atom. The van der Waals surface area contributed by atoms with Crippen molar-refractivity contribution in [1.82, 2.24) is 10.2 Å². The molecule has 0 amide bonds. The van der Waals surface area contributed by atoms with Crippen LogP contribution < -0.4 is 0 Å². The Morgan fingerprint density at radius 3 is 2.92 bits per heavy atom. The lowest BCUT2D eigenvalue weighted by Gasteiger charge is -2.07. The first kappa shape index (κ1) is 8.26. The Kier molecular flexibility index (Phi) is 2.02. The molecule has 0 fully saturated rings. The van der Waals surface area contributed by atoms with E-state index in [0.29, 0.717) is 11.5 Å². The number of allylic oxidation sites excluding steroid dienone is 4. The zero-order valence-corrected chi connectivity index (χ0v) is 7.51. The van der Waals surface area contributed by atoms with E-state index in [-0.39, 0.29) is 5.78 Å². The number of hydrogen-bond acceptors (Lipinski definition) is 2. The minimum absolute atomic E-state index is 0.0474. The van der Waals surface area contributed by atoms with Crippen LogP contribution >= 0.6 is 11.6 Å². The number of H-pyrrole nitrogens is 1. The average Bonchev–Trinajstić information content (AvgIpc) is 2.62. The number of rotatable bonds is 1. The normalized spacial score (nSPS) is 16.8. The van der Waals surface area contributed by atoms with Crippen molar-refractivity contribution in [3.05, 3.63) is 35.1 Å². The number of carbonyl (C=O) groups excluding carboxylic acids is 1. The second-order valence-corrected chi connectivity index (χ2v) is 3.18. The summed E-state index contributed by atoms with van der Waals surface area (Å²) in [5, 5.41) is 6.90. The van der Waals surface area contributed by atoms with Gasteiger partial charge in [-0.3, -0.25) is 9.89 Å². The molecular weight excluding hydrogens is 188 g/mol. The summed E-state index contributed by atoms with van der Waals surface area (Å²) in [6.45, 7) is 0. The maximum atomic E-state index is 11.2. The van der Waals surface area contributed by atoms with Gasteiger partial charge < -0.3 is 0 Å². The number of nitrogens with one attached hydrogen (secondary N) is 1. The van der Waals surface area contributed by atoms with E-state index in [1.54, 1.807) is 12.3 Å². The summed E-state index contributed by atoms with van der Waals surface area (Å²) in [5.74, 6) is -0.0474. The lowest BCUT2D eigenvalue weighted by Crippen LogP contribution is -2.03. The topological polar surface area (TPSA) is 45.8 Å². The van der Waals surface area contributed by atoms with Crippen LogP contribution in [-0.2, 0) is 4.79 Å². The van der Waals surface area contributed by atoms with Gasteiger partial charge in [0.1, 0.15) is 0 Å². The molecule has 2 rings (SSSR count). The van der Waals surface area contributed by atoms with Crippen LogP contribution in [0.4, 0.5) is 0 Å².